The van der Waals surface area contributed by atoms with Gasteiger partial charge in [0.25, 0.3) is 0 Å². The number of hydrogen-bond donors (Lipinski definition) is 0. The fourth-order valence-corrected chi connectivity index (χ4v) is 2.25. The Morgan fingerprint density at radius 1 is 1.27 bits per heavy atom. The molecule has 0 aliphatic carbocycles. The molecule has 0 amide bonds. The molecule has 0 atom stereocenters. The van der Waals surface area contributed by atoms with Crippen molar-refractivity contribution in [2.45, 2.75) is 31.9 Å². The molecule has 1 rings (SSSR count). The van der Waals surface area contributed by atoms with E-state index in [1.165, 1.54) is 11.1 Å². The lowest BCUT2D eigenvalue weighted by Gasteiger charge is -2.23. The summed E-state index contributed by atoms with van der Waals surface area (Å²) in [4.78, 5) is 0. The topological polar surface area (TPSA) is 9.23 Å². The first-order chi connectivity index (χ1) is 6.99. The molecule has 84 valence electrons. The Kier molecular flexibility index (Phi) is 4.09. The van der Waals surface area contributed by atoms with Crippen molar-refractivity contribution in [1.29, 1.82) is 0 Å². The van der Waals surface area contributed by atoms with Crippen molar-refractivity contribution in [2.75, 3.05) is 13.4 Å². The summed E-state index contributed by atoms with van der Waals surface area (Å²) < 4.78 is 5.26. The van der Waals surface area contributed by atoms with Gasteiger partial charge in [-0.2, -0.15) is 11.8 Å². The molecule has 0 aliphatic heterocycles. The summed E-state index contributed by atoms with van der Waals surface area (Å²) in [6, 6.07) is 6.38. The molecule has 0 fully saturated rings. The Morgan fingerprint density at radius 3 is 2.40 bits per heavy atom. The Bertz CT molecular complexity index is 326. The van der Waals surface area contributed by atoms with Crippen LogP contribution in [-0.4, -0.2) is 13.4 Å². The molecule has 1 aromatic carbocycles. The Labute approximate surface area is 97.2 Å². The summed E-state index contributed by atoms with van der Waals surface area (Å²) in [6.45, 7) is 6.75. The van der Waals surface area contributed by atoms with E-state index in [4.69, 9.17) is 4.74 Å². The summed E-state index contributed by atoms with van der Waals surface area (Å²) >= 11 is 1.85. The second-order valence-corrected chi connectivity index (χ2v) is 5.57. The van der Waals surface area contributed by atoms with Gasteiger partial charge in [-0.05, 0) is 34.9 Å². The number of ether oxygens (including phenoxy) is 1. The van der Waals surface area contributed by atoms with Crippen LogP contribution in [0.3, 0.4) is 0 Å². The van der Waals surface area contributed by atoms with E-state index < -0.39 is 0 Å². The van der Waals surface area contributed by atoms with Crippen LogP contribution in [0.2, 0.25) is 0 Å². The Balaban J connectivity index is 3.15. The van der Waals surface area contributed by atoms with Crippen LogP contribution < -0.4 is 4.74 Å². The van der Waals surface area contributed by atoms with Gasteiger partial charge in [0, 0.05) is 5.75 Å². The van der Waals surface area contributed by atoms with Gasteiger partial charge in [0.1, 0.15) is 5.75 Å². The fraction of sp³-hybridized carbons (Fsp3) is 0.538. The minimum atomic E-state index is 0.206. The van der Waals surface area contributed by atoms with Crippen molar-refractivity contribution in [3.63, 3.8) is 0 Å². The highest BCUT2D eigenvalue weighted by Gasteiger charge is 2.17. The van der Waals surface area contributed by atoms with E-state index in [2.05, 4.69) is 39.2 Å². The average molecular weight is 224 g/mol. The molecule has 1 aromatic rings. The van der Waals surface area contributed by atoms with E-state index in [0.717, 1.165) is 11.5 Å². The van der Waals surface area contributed by atoms with Crippen LogP contribution in [0.1, 0.15) is 31.9 Å². The summed E-state index contributed by atoms with van der Waals surface area (Å²) in [5.41, 5.74) is 3.00. The van der Waals surface area contributed by atoms with Crippen molar-refractivity contribution in [3.05, 3.63) is 29.3 Å². The second-order valence-electron chi connectivity index (χ2n) is 4.71. The third-order valence-corrected chi connectivity index (χ3v) is 3.02. The summed E-state index contributed by atoms with van der Waals surface area (Å²) in [6.07, 6.45) is 2.13. The summed E-state index contributed by atoms with van der Waals surface area (Å²) in [5, 5.41) is 0. The Morgan fingerprint density at radius 2 is 1.93 bits per heavy atom. The summed E-state index contributed by atoms with van der Waals surface area (Å²) in [5.74, 6) is 2.00. The smallest absolute Gasteiger partial charge is 0.119 e. The molecule has 0 N–H and O–H groups in total. The largest absolute Gasteiger partial charge is 0.497 e. The second kappa shape index (κ2) is 4.93. The van der Waals surface area contributed by atoms with Gasteiger partial charge in [-0.15, -0.1) is 0 Å². The lowest BCUT2D eigenvalue weighted by Crippen LogP contribution is -2.13. The first-order valence-corrected chi connectivity index (χ1v) is 6.54. The van der Waals surface area contributed by atoms with Gasteiger partial charge in [0.2, 0.25) is 0 Å². The van der Waals surface area contributed by atoms with Crippen molar-refractivity contribution in [1.82, 2.24) is 0 Å². The number of hydrogen-bond acceptors (Lipinski definition) is 2. The van der Waals surface area contributed by atoms with Crippen molar-refractivity contribution >= 4 is 11.8 Å². The monoisotopic (exact) mass is 224 g/mol. The number of benzene rings is 1. The SMILES string of the molecule is COc1ccc(C(C)(C)C)c(CSC)c1. The molecule has 0 aromatic heterocycles. The van der Waals surface area contributed by atoms with Gasteiger partial charge in [0.05, 0.1) is 7.11 Å². The molecule has 0 unspecified atom stereocenters. The molecule has 0 aliphatic rings. The zero-order valence-corrected chi connectivity index (χ0v) is 11.1. The van der Waals surface area contributed by atoms with E-state index in [-0.39, 0.29) is 5.41 Å². The number of thioether (sulfide) groups is 1. The number of methoxy groups -OCH3 is 1. The fourth-order valence-electron chi connectivity index (χ4n) is 1.70. The summed E-state index contributed by atoms with van der Waals surface area (Å²) in [7, 11) is 1.72. The molecule has 0 saturated carbocycles. The van der Waals surface area contributed by atoms with Crippen molar-refractivity contribution < 1.29 is 4.74 Å². The molecule has 0 saturated heterocycles. The number of rotatable bonds is 3. The molecule has 0 spiro atoms. The highest BCUT2D eigenvalue weighted by atomic mass is 32.2. The first-order valence-electron chi connectivity index (χ1n) is 5.15. The van der Waals surface area contributed by atoms with Gasteiger partial charge < -0.3 is 4.74 Å². The van der Waals surface area contributed by atoms with Crippen molar-refractivity contribution in [2.24, 2.45) is 0 Å². The van der Waals surface area contributed by atoms with Crippen molar-refractivity contribution in [3.8, 4) is 5.75 Å². The molecule has 0 bridgehead atoms. The maximum atomic E-state index is 5.26. The van der Waals surface area contributed by atoms with E-state index in [1.54, 1.807) is 7.11 Å². The van der Waals surface area contributed by atoms with Gasteiger partial charge in [-0.1, -0.05) is 26.8 Å². The predicted octanol–water partition coefficient (Wildman–Crippen LogP) is 3.86. The van der Waals surface area contributed by atoms with Gasteiger partial charge in [0.15, 0.2) is 0 Å². The lowest BCUT2D eigenvalue weighted by molar-refractivity contribution is 0.413. The molecule has 0 radical (unpaired) electrons. The molecular formula is C13H20OS. The third-order valence-electron chi connectivity index (χ3n) is 2.42. The standard InChI is InChI=1S/C13H20OS/c1-13(2,3)12-7-6-11(14-4)8-10(12)9-15-5/h6-8H,9H2,1-5H3. The quantitative estimate of drug-likeness (QED) is 0.771. The third kappa shape index (κ3) is 3.16. The maximum Gasteiger partial charge on any atom is 0.119 e. The van der Waals surface area contributed by atoms with Crippen LogP contribution >= 0.6 is 11.8 Å². The van der Waals surface area contributed by atoms with E-state index in [9.17, 15) is 0 Å². The lowest BCUT2D eigenvalue weighted by atomic mass is 9.84. The van der Waals surface area contributed by atoms with Crippen LogP contribution in [0.25, 0.3) is 0 Å². The first kappa shape index (κ1) is 12.4. The zero-order valence-electron chi connectivity index (χ0n) is 10.3. The van der Waals surface area contributed by atoms with Crippen LogP contribution in [0.4, 0.5) is 0 Å². The van der Waals surface area contributed by atoms with Gasteiger partial charge in [-0.3, -0.25) is 0 Å². The molecule has 1 nitrogen and oxygen atoms in total. The molecule has 15 heavy (non-hydrogen) atoms. The minimum Gasteiger partial charge on any atom is -0.497 e. The highest BCUT2D eigenvalue weighted by Crippen LogP contribution is 2.30. The molecule has 0 heterocycles. The minimum absolute atomic E-state index is 0.206. The Hall–Kier alpha value is -0.630. The van der Waals surface area contributed by atoms with Crippen LogP contribution in [0, 0.1) is 0 Å². The normalized spacial score (nSPS) is 11.5. The molecular weight excluding hydrogens is 204 g/mol. The van der Waals surface area contributed by atoms with Gasteiger partial charge >= 0.3 is 0 Å². The highest BCUT2D eigenvalue weighted by molar-refractivity contribution is 7.97. The zero-order chi connectivity index (χ0) is 11.5. The van der Waals surface area contributed by atoms with Crippen LogP contribution in [-0.2, 0) is 11.2 Å². The average Bonchev–Trinajstić information content (AvgIpc) is 2.16. The van der Waals surface area contributed by atoms with Gasteiger partial charge in [-0.25, -0.2) is 0 Å². The van der Waals surface area contributed by atoms with Crippen LogP contribution in [0.5, 0.6) is 5.75 Å². The van der Waals surface area contributed by atoms with Crippen LogP contribution in [0.15, 0.2) is 18.2 Å². The van der Waals surface area contributed by atoms with E-state index >= 15 is 0 Å². The molecule has 2 heteroatoms. The maximum absolute atomic E-state index is 5.26. The van der Waals surface area contributed by atoms with E-state index in [0.29, 0.717) is 0 Å². The predicted molar refractivity (Wildman–Crippen MR) is 68.9 cm³/mol. The van der Waals surface area contributed by atoms with E-state index in [1.807, 2.05) is 17.8 Å².